The van der Waals surface area contributed by atoms with Gasteiger partial charge >= 0.3 is 0 Å². The molecule has 0 atom stereocenters. The van der Waals surface area contributed by atoms with Crippen LogP contribution in [0.2, 0.25) is 0 Å². The predicted octanol–water partition coefficient (Wildman–Crippen LogP) is 3.11. The molecule has 0 amide bonds. The predicted molar refractivity (Wildman–Crippen MR) is 57.6 cm³/mol. The van der Waals surface area contributed by atoms with E-state index in [1.54, 1.807) is 0 Å². The second kappa shape index (κ2) is 2.81. The molecular formula is C13H14O. The highest BCUT2D eigenvalue weighted by molar-refractivity contribution is 6.10. The molecule has 72 valence electrons. The van der Waals surface area contributed by atoms with Crippen LogP contribution >= 0.6 is 0 Å². The van der Waals surface area contributed by atoms with Crippen LogP contribution in [0.3, 0.4) is 0 Å². The maximum absolute atomic E-state index is 11.8. The molecule has 0 saturated carbocycles. The van der Waals surface area contributed by atoms with Crippen LogP contribution in [0, 0.1) is 0 Å². The third kappa shape index (κ3) is 1.20. The largest absolute Gasteiger partial charge is 0.289 e. The van der Waals surface area contributed by atoms with Crippen molar-refractivity contribution in [1.29, 1.82) is 0 Å². The number of fused-ring (bicyclic) bond motifs is 1. The van der Waals surface area contributed by atoms with E-state index in [-0.39, 0.29) is 11.2 Å². The summed E-state index contributed by atoms with van der Waals surface area (Å²) in [7, 11) is 0. The number of allylic oxidation sites excluding steroid dienone is 1. The fourth-order valence-corrected chi connectivity index (χ4v) is 2.17. The molecular weight excluding hydrogens is 172 g/mol. The zero-order valence-electron chi connectivity index (χ0n) is 8.63. The summed E-state index contributed by atoms with van der Waals surface area (Å²) in [5, 5.41) is 0. The van der Waals surface area contributed by atoms with Crippen LogP contribution in [0.15, 0.2) is 36.4 Å². The summed E-state index contributed by atoms with van der Waals surface area (Å²) in [5.41, 5.74) is 2.75. The molecule has 1 nitrogen and oxygen atoms in total. The van der Waals surface area contributed by atoms with Gasteiger partial charge in [0.05, 0.1) is 0 Å². The fourth-order valence-electron chi connectivity index (χ4n) is 2.17. The van der Waals surface area contributed by atoms with E-state index in [1.165, 1.54) is 0 Å². The standard InChI is InChI=1S/C13H14O/c1-9-8-13(2,3)11-7-5-4-6-10(11)12(9)14/h4-7H,1,8H2,2-3H3. The van der Waals surface area contributed by atoms with Gasteiger partial charge in [0.15, 0.2) is 5.78 Å². The molecule has 0 aliphatic heterocycles. The highest BCUT2D eigenvalue weighted by atomic mass is 16.1. The summed E-state index contributed by atoms with van der Waals surface area (Å²) in [6, 6.07) is 7.83. The van der Waals surface area contributed by atoms with Crippen LogP contribution in [-0.4, -0.2) is 5.78 Å². The highest BCUT2D eigenvalue weighted by Crippen LogP contribution is 2.38. The van der Waals surface area contributed by atoms with Crippen LogP contribution in [0.1, 0.15) is 36.2 Å². The maximum atomic E-state index is 11.8. The average molecular weight is 186 g/mol. The lowest BCUT2D eigenvalue weighted by molar-refractivity contribution is 0.101. The summed E-state index contributed by atoms with van der Waals surface area (Å²) in [5.74, 6) is 0.111. The van der Waals surface area contributed by atoms with Crippen LogP contribution in [0.5, 0.6) is 0 Å². The van der Waals surface area contributed by atoms with Gasteiger partial charge in [-0.05, 0) is 23.0 Å². The fraction of sp³-hybridized carbons (Fsp3) is 0.308. The van der Waals surface area contributed by atoms with Crippen molar-refractivity contribution >= 4 is 5.78 Å². The monoisotopic (exact) mass is 186 g/mol. The zero-order chi connectivity index (χ0) is 10.3. The molecule has 0 spiro atoms. The van der Waals surface area contributed by atoms with Crippen LogP contribution in [-0.2, 0) is 5.41 Å². The molecule has 0 fully saturated rings. The molecule has 0 radical (unpaired) electrons. The molecule has 0 N–H and O–H groups in total. The summed E-state index contributed by atoms with van der Waals surface area (Å²) in [6.45, 7) is 8.15. The van der Waals surface area contributed by atoms with Crippen LogP contribution in [0.25, 0.3) is 0 Å². The Morgan fingerprint density at radius 1 is 1.29 bits per heavy atom. The lowest BCUT2D eigenvalue weighted by Gasteiger charge is -2.32. The van der Waals surface area contributed by atoms with E-state index < -0.39 is 0 Å². The second-order valence-corrected chi connectivity index (χ2v) is 4.54. The molecule has 1 aliphatic carbocycles. The SMILES string of the molecule is C=C1CC(C)(C)c2ccccc2C1=O. The number of hydrogen-bond acceptors (Lipinski definition) is 1. The Morgan fingerprint density at radius 3 is 2.64 bits per heavy atom. The molecule has 2 rings (SSSR count). The van der Waals surface area contributed by atoms with E-state index in [0.29, 0.717) is 0 Å². The lowest BCUT2D eigenvalue weighted by atomic mass is 9.71. The molecule has 0 unspecified atom stereocenters. The first-order chi connectivity index (χ1) is 6.52. The van der Waals surface area contributed by atoms with Gasteiger partial charge in [0.1, 0.15) is 0 Å². The Kier molecular flexibility index (Phi) is 1.84. The van der Waals surface area contributed by atoms with Crippen molar-refractivity contribution in [2.75, 3.05) is 0 Å². The van der Waals surface area contributed by atoms with Crippen LogP contribution in [0.4, 0.5) is 0 Å². The first-order valence-electron chi connectivity index (χ1n) is 4.84. The van der Waals surface area contributed by atoms with E-state index in [2.05, 4.69) is 20.4 Å². The van der Waals surface area contributed by atoms with Gasteiger partial charge < -0.3 is 0 Å². The van der Waals surface area contributed by atoms with Crippen molar-refractivity contribution < 1.29 is 4.79 Å². The highest BCUT2D eigenvalue weighted by Gasteiger charge is 2.33. The number of hydrogen-bond donors (Lipinski definition) is 0. The quantitative estimate of drug-likeness (QED) is 0.569. The minimum absolute atomic E-state index is 0.0432. The van der Waals surface area contributed by atoms with E-state index in [4.69, 9.17) is 0 Å². The number of ketones is 1. The first kappa shape index (κ1) is 9.20. The van der Waals surface area contributed by atoms with E-state index in [0.717, 1.165) is 23.1 Å². The number of carbonyl (C=O) groups excluding carboxylic acids is 1. The van der Waals surface area contributed by atoms with Gasteiger partial charge in [-0.3, -0.25) is 4.79 Å². The van der Waals surface area contributed by atoms with Crippen molar-refractivity contribution in [2.24, 2.45) is 0 Å². The minimum Gasteiger partial charge on any atom is -0.289 e. The third-order valence-corrected chi connectivity index (χ3v) is 2.88. The summed E-state index contributed by atoms with van der Waals surface area (Å²) in [4.78, 5) is 11.8. The molecule has 14 heavy (non-hydrogen) atoms. The minimum atomic E-state index is 0.0432. The molecule has 1 aromatic rings. The van der Waals surface area contributed by atoms with Gasteiger partial charge in [0, 0.05) is 5.56 Å². The Hall–Kier alpha value is -1.37. The Labute approximate surface area is 84.5 Å². The normalized spacial score (nSPS) is 19.3. The van der Waals surface area contributed by atoms with Gasteiger partial charge in [-0.15, -0.1) is 0 Å². The lowest BCUT2D eigenvalue weighted by Crippen LogP contribution is -2.28. The van der Waals surface area contributed by atoms with E-state index in [9.17, 15) is 4.79 Å². The van der Waals surface area contributed by atoms with E-state index in [1.807, 2.05) is 24.3 Å². The first-order valence-corrected chi connectivity index (χ1v) is 4.84. The van der Waals surface area contributed by atoms with Gasteiger partial charge in [0.25, 0.3) is 0 Å². The van der Waals surface area contributed by atoms with Gasteiger partial charge in [-0.2, -0.15) is 0 Å². The van der Waals surface area contributed by atoms with E-state index >= 15 is 0 Å². The van der Waals surface area contributed by atoms with Crippen LogP contribution < -0.4 is 0 Å². The third-order valence-electron chi connectivity index (χ3n) is 2.88. The van der Waals surface area contributed by atoms with Crippen molar-refractivity contribution in [3.63, 3.8) is 0 Å². The summed E-state index contributed by atoms with van der Waals surface area (Å²) >= 11 is 0. The molecule has 0 saturated heterocycles. The Balaban J connectivity index is 2.67. The number of benzene rings is 1. The molecule has 1 aliphatic rings. The zero-order valence-corrected chi connectivity index (χ0v) is 8.63. The van der Waals surface area contributed by atoms with Crippen molar-refractivity contribution in [1.82, 2.24) is 0 Å². The van der Waals surface area contributed by atoms with Crippen molar-refractivity contribution in [3.8, 4) is 0 Å². The maximum Gasteiger partial charge on any atom is 0.188 e. The Morgan fingerprint density at radius 2 is 1.93 bits per heavy atom. The molecule has 0 bridgehead atoms. The summed E-state index contributed by atoms with van der Waals surface area (Å²) < 4.78 is 0. The van der Waals surface area contributed by atoms with Crippen molar-refractivity contribution in [3.05, 3.63) is 47.5 Å². The van der Waals surface area contributed by atoms with Gasteiger partial charge in [-0.1, -0.05) is 44.7 Å². The smallest absolute Gasteiger partial charge is 0.188 e. The van der Waals surface area contributed by atoms with Gasteiger partial charge in [-0.25, -0.2) is 0 Å². The average Bonchev–Trinajstić information content (AvgIpc) is 2.14. The summed E-state index contributed by atoms with van der Waals surface area (Å²) in [6.07, 6.45) is 0.767. The Bertz CT molecular complexity index is 413. The number of rotatable bonds is 0. The molecule has 0 heterocycles. The molecule has 1 aromatic carbocycles. The molecule has 0 aromatic heterocycles. The number of carbonyl (C=O) groups is 1. The topological polar surface area (TPSA) is 17.1 Å². The molecule has 1 heteroatoms. The number of Topliss-reactive ketones (excluding diaryl/α,β-unsaturated/α-hetero) is 1. The van der Waals surface area contributed by atoms with Gasteiger partial charge in [0.2, 0.25) is 0 Å². The second-order valence-electron chi connectivity index (χ2n) is 4.54. The van der Waals surface area contributed by atoms with Crippen molar-refractivity contribution in [2.45, 2.75) is 25.7 Å².